The molecule has 0 unspecified atom stereocenters. The van der Waals surface area contributed by atoms with Gasteiger partial charge in [0.2, 0.25) is 0 Å². The Balaban J connectivity index is 1.91. The summed E-state index contributed by atoms with van der Waals surface area (Å²) in [5.41, 5.74) is 7.81. The van der Waals surface area contributed by atoms with Gasteiger partial charge >= 0.3 is 0 Å². The van der Waals surface area contributed by atoms with Crippen LogP contribution in [0.4, 0.5) is 5.82 Å². The van der Waals surface area contributed by atoms with Crippen molar-refractivity contribution in [2.45, 2.75) is 25.8 Å². The molecule has 3 aromatic rings. The van der Waals surface area contributed by atoms with E-state index >= 15 is 0 Å². The van der Waals surface area contributed by atoms with Crippen molar-refractivity contribution in [3.63, 3.8) is 0 Å². The third kappa shape index (κ3) is 2.83. The predicted molar refractivity (Wildman–Crippen MR) is 87.2 cm³/mol. The van der Waals surface area contributed by atoms with Crippen LogP contribution in [0.1, 0.15) is 18.7 Å². The Morgan fingerprint density at radius 2 is 2.10 bits per heavy atom. The normalized spacial score (nSPS) is 11.7. The van der Waals surface area contributed by atoms with E-state index in [1.54, 1.807) is 17.5 Å². The maximum Gasteiger partial charge on any atom is 0.123 e. The first kappa shape index (κ1) is 13.8. The first-order valence-corrected chi connectivity index (χ1v) is 7.70. The summed E-state index contributed by atoms with van der Waals surface area (Å²) < 4.78 is 2.17. The van der Waals surface area contributed by atoms with E-state index in [2.05, 4.69) is 45.9 Å². The Morgan fingerprint density at radius 3 is 2.76 bits per heavy atom. The Hall–Kier alpha value is -2.14. The lowest BCUT2D eigenvalue weighted by Crippen LogP contribution is -2.23. The number of nitrogen functional groups attached to an aromatic ring is 1. The van der Waals surface area contributed by atoms with Crippen LogP contribution in [0.2, 0.25) is 0 Å². The molecule has 3 heterocycles. The molecule has 21 heavy (non-hydrogen) atoms. The summed E-state index contributed by atoms with van der Waals surface area (Å²) >= 11 is 1.79. The fourth-order valence-corrected chi connectivity index (χ4v) is 3.26. The van der Waals surface area contributed by atoms with Gasteiger partial charge in [0.15, 0.2) is 0 Å². The quantitative estimate of drug-likeness (QED) is 0.801. The second-order valence-electron chi connectivity index (χ2n) is 5.74. The number of hydrogen-bond donors (Lipinski definition) is 1. The summed E-state index contributed by atoms with van der Waals surface area (Å²) in [6.45, 7) is 5.38. The highest BCUT2D eigenvalue weighted by Crippen LogP contribution is 2.31. The van der Waals surface area contributed by atoms with Gasteiger partial charge in [-0.2, -0.15) is 0 Å². The van der Waals surface area contributed by atoms with Gasteiger partial charge in [0.25, 0.3) is 0 Å². The van der Waals surface area contributed by atoms with E-state index < -0.39 is 0 Å². The molecule has 3 aromatic heterocycles. The number of hydrogen-bond acceptors (Lipinski definition) is 4. The Labute approximate surface area is 128 Å². The topological polar surface area (TPSA) is 56.7 Å². The van der Waals surface area contributed by atoms with Crippen molar-refractivity contribution in [1.29, 1.82) is 0 Å². The van der Waals surface area contributed by atoms with Crippen molar-refractivity contribution >= 4 is 17.2 Å². The molecule has 108 valence electrons. The van der Waals surface area contributed by atoms with Crippen LogP contribution in [-0.2, 0) is 12.0 Å². The zero-order valence-electron chi connectivity index (χ0n) is 12.2. The molecule has 0 saturated heterocycles. The van der Waals surface area contributed by atoms with Crippen LogP contribution in [0, 0.1) is 0 Å². The third-order valence-corrected chi connectivity index (χ3v) is 4.78. The number of pyridine rings is 1. The maximum absolute atomic E-state index is 5.65. The number of anilines is 1. The first-order chi connectivity index (χ1) is 10.1. The number of thiophene rings is 1. The Kier molecular flexibility index (Phi) is 3.51. The van der Waals surface area contributed by atoms with Crippen LogP contribution < -0.4 is 5.73 Å². The fraction of sp³-hybridized carbons (Fsp3) is 0.250. The van der Waals surface area contributed by atoms with E-state index in [4.69, 9.17) is 5.73 Å². The van der Waals surface area contributed by atoms with Gasteiger partial charge in [0, 0.05) is 28.6 Å². The molecular formula is C16H18N4S. The zero-order valence-corrected chi connectivity index (χ0v) is 13.0. The molecule has 0 bridgehead atoms. The number of aromatic nitrogens is 3. The van der Waals surface area contributed by atoms with Crippen LogP contribution in [0.5, 0.6) is 0 Å². The van der Waals surface area contributed by atoms with Crippen molar-refractivity contribution in [1.82, 2.24) is 14.5 Å². The van der Waals surface area contributed by atoms with Gasteiger partial charge in [-0.05, 0) is 23.6 Å². The Bertz CT molecular complexity index is 711. The molecule has 0 aromatic carbocycles. The predicted octanol–water partition coefficient (Wildman–Crippen LogP) is 3.57. The van der Waals surface area contributed by atoms with Crippen molar-refractivity contribution < 1.29 is 0 Å². The van der Waals surface area contributed by atoms with Crippen molar-refractivity contribution in [2.75, 3.05) is 5.73 Å². The average molecular weight is 298 g/mol. The maximum atomic E-state index is 5.65. The molecule has 4 nitrogen and oxygen atoms in total. The van der Waals surface area contributed by atoms with E-state index in [9.17, 15) is 0 Å². The first-order valence-electron chi connectivity index (χ1n) is 6.82. The van der Waals surface area contributed by atoms with Gasteiger partial charge in [0.1, 0.15) is 5.82 Å². The van der Waals surface area contributed by atoms with Gasteiger partial charge in [-0.25, -0.2) is 9.97 Å². The van der Waals surface area contributed by atoms with Gasteiger partial charge in [-0.3, -0.25) is 0 Å². The summed E-state index contributed by atoms with van der Waals surface area (Å²) in [6, 6.07) is 8.08. The van der Waals surface area contributed by atoms with Crippen LogP contribution in [0.25, 0.3) is 11.3 Å². The zero-order chi connectivity index (χ0) is 14.9. The number of rotatable bonds is 4. The van der Waals surface area contributed by atoms with Crippen LogP contribution in [0.15, 0.2) is 48.4 Å². The summed E-state index contributed by atoms with van der Waals surface area (Å²) in [7, 11) is 0. The molecular weight excluding hydrogens is 280 g/mol. The average Bonchev–Trinajstić information content (AvgIpc) is 3.10. The third-order valence-electron chi connectivity index (χ3n) is 3.55. The standard InChI is InChI=1S/C16H18N4S/c1-16(2,14-4-3-7-21-14)10-20-11-18-9-13(20)12-5-6-15(17)19-8-12/h3-9,11H,10H2,1-2H3,(H2,17,19). The monoisotopic (exact) mass is 298 g/mol. The molecule has 2 N–H and O–H groups in total. The SMILES string of the molecule is CC(C)(Cn1cncc1-c1ccc(N)nc1)c1cccs1. The minimum absolute atomic E-state index is 0.0604. The van der Waals surface area contributed by atoms with E-state index in [0.29, 0.717) is 5.82 Å². The second-order valence-corrected chi connectivity index (χ2v) is 6.69. The molecule has 0 saturated carbocycles. The van der Waals surface area contributed by atoms with E-state index in [1.807, 2.05) is 24.7 Å². The van der Waals surface area contributed by atoms with Crippen LogP contribution in [-0.4, -0.2) is 14.5 Å². The molecule has 0 aliphatic carbocycles. The smallest absolute Gasteiger partial charge is 0.123 e. The molecule has 5 heteroatoms. The molecule has 0 aliphatic heterocycles. The fourth-order valence-electron chi connectivity index (χ4n) is 2.41. The highest BCUT2D eigenvalue weighted by Gasteiger charge is 2.23. The number of imidazole rings is 1. The van der Waals surface area contributed by atoms with Crippen LogP contribution >= 0.6 is 11.3 Å². The molecule has 0 aliphatic rings. The lowest BCUT2D eigenvalue weighted by Gasteiger charge is -2.25. The molecule has 3 rings (SSSR count). The minimum atomic E-state index is 0.0604. The summed E-state index contributed by atoms with van der Waals surface area (Å²) in [6.07, 6.45) is 5.54. The minimum Gasteiger partial charge on any atom is -0.384 e. The van der Waals surface area contributed by atoms with Gasteiger partial charge in [-0.15, -0.1) is 11.3 Å². The van der Waals surface area contributed by atoms with Crippen molar-refractivity contribution in [3.05, 3.63) is 53.2 Å². The van der Waals surface area contributed by atoms with Gasteiger partial charge < -0.3 is 10.3 Å². The lowest BCUT2D eigenvalue weighted by molar-refractivity contribution is 0.445. The number of nitrogens with zero attached hydrogens (tertiary/aromatic N) is 3. The second kappa shape index (κ2) is 5.33. The highest BCUT2D eigenvalue weighted by molar-refractivity contribution is 7.10. The van der Waals surface area contributed by atoms with Gasteiger partial charge in [-0.1, -0.05) is 19.9 Å². The van der Waals surface area contributed by atoms with E-state index in [0.717, 1.165) is 17.8 Å². The molecule has 0 amide bonds. The summed E-state index contributed by atoms with van der Waals surface area (Å²) in [5, 5.41) is 2.12. The van der Waals surface area contributed by atoms with Crippen molar-refractivity contribution in [2.24, 2.45) is 0 Å². The lowest BCUT2D eigenvalue weighted by atomic mass is 9.91. The van der Waals surface area contributed by atoms with Crippen LogP contribution in [0.3, 0.4) is 0 Å². The highest BCUT2D eigenvalue weighted by atomic mass is 32.1. The molecule has 0 fully saturated rings. The van der Waals surface area contributed by atoms with Gasteiger partial charge in [0.05, 0.1) is 18.2 Å². The molecule has 0 atom stereocenters. The summed E-state index contributed by atoms with van der Waals surface area (Å²) in [4.78, 5) is 9.83. The molecule has 0 radical (unpaired) electrons. The summed E-state index contributed by atoms with van der Waals surface area (Å²) in [5.74, 6) is 0.531. The largest absolute Gasteiger partial charge is 0.384 e. The van der Waals surface area contributed by atoms with E-state index in [1.165, 1.54) is 4.88 Å². The van der Waals surface area contributed by atoms with E-state index in [-0.39, 0.29) is 5.41 Å². The van der Waals surface area contributed by atoms with Crippen molar-refractivity contribution in [3.8, 4) is 11.3 Å². The molecule has 0 spiro atoms. The number of nitrogens with two attached hydrogens (primary N) is 1. The Morgan fingerprint density at radius 1 is 1.24 bits per heavy atom.